The van der Waals surface area contributed by atoms with Crippen molar-refractivity contribution in [3.05, 3.63) is 57.0 Å². The average molecular weight is 395 g/mol. The summed E-state index contributed by atoms with van der Waals surface area (Å²) >= 11 is 9.38. The Kier molecular flexibility index (Phi) is 4.41. The number of hydrogen-bond acceptors (Lipinski definition) is 3. The predicted octanol–water partition coefficient (Wildman–Crippen LogP) is 4.02. The molecule has 118 valence electrons. The summed E-state index contributed by atoms with van der Waals surface area (Å²) < 4.78 is 6.40. The van der Waals surface area contributed by atoms with Gasteiger partial charge in [-0.15, -0.1) is 0 Å². The first-order valence-electron chi connectivity index (χ1n) is 7.02. The van der Waals surface area contributed by atoms with Gasteiger partial charge in [0.25, 0.3) is 11.7 Å². The molecule has 4 nitrogen and oxygen atoms in total. The van der Waals surface area contributed by atoms with Crippen LogP contribution in [0, 0.1) is 6.92 Å². The Morgan fingerprint density at radius 3 is 2.70 bits per heavy atom. The third-order valence-corrected chi connectivity index (χ3v) is 4.40. The van der Waals surface area contributed by atoms with Gasteiger partial charge in [-0.1, -0.05) is 39.7 Å². The SMILES string of the molecule is Cc1cc(Br)cc2c1N(CCOc1ccccc1Cl)C(=O)C2=O. The minimum absolute atomic E-state index is 0.248. The van der Waals surface area contributed by atoms with E-state index in [1.54, 1.807) is 18.2 Å². The Morgan fingerprint density at radius 1 is 1.22 bits per heavy atom. The molecule has 0 bridgehead atoms. The monoisotopic (exact) mass is 393 g/mol. The van der Waals surface area contributed by atoms with Crippen LogP contribution in [0.2, 0.25) is 5.02 Å². The molecule has 0 saturated carbocycles. The van der Waals surface area contributed by atoms with Gasteiger partial charge in [0.15, 0.2) is 0 Å². The molecule has 1 aliphatic rings. The second-order valence-corrected chi connectivity index (χ2v) is 6.51. The van der Waals surface area contributed by atoms with Crippen molar-refractivity contribution in [2.75, 3.05) is 18.1 Å². The second-order valence-electron chi connectivity index (χ2n) is 5.18. The smallest absolute Gasteiger partial charge is 0.299 e. The highest BCUT2D eigenvalue weighted by Gasteiger charge is 2.37. The molecule has 3 rings (SSSR count). The first-order valence-corrected chi connectivity index (χ1v) is 8.20. The summed E-state index contributed by atoms with van der Waals surface area (Å²) in [6, 6.07) is 10.7. The van der Waals surface area contributed by atoms with Gasteiger partial charge in [0.05, 0.1) is 22.8 Å². The number of Topliss-reactive ketones (excluding diaryl/α,β-unsaturated/α-hetero) is 1. The number of ether oxygens (including phenoxy) is 1. The van der Waals surface area contributed by atoms with Crippen molar-refractivity contribution >= 4 is 44.9 Å². The van der Waals surface area contributed by atoms with Crippen LogP contribution in [-0.2, 0) is 4.79 Å². The minimum atomic E-state index is -0.524. The number of hydrogen-bond donors (Lipinski definition) is 0. The molecule has 1 aliphatic heterocycles. The molecule has 2 aromatic carbocycles. The van der Waals surface area contributed by atoms with E-state index in [9.17, 15) is 9.59 Å². The summed E-state index contributed by atoms with van der Waals surface area (Å²) in [6.07, 6.45) is 0. The molecule has 0 radical (unpaired) electrons. The Balaban J connectivity index is 1.78. The molecular formula is C17H13BrClNO3. The van der Waals surface area contributed by atoms with Crippen molar-refractivity contribution in [2.45, 2.75) is 6.92 Å². The fourth-order valence-electron chi connectivity index (χ4n) is 2.63. The van der Waals surface area contributed by atoms with Crippen LogP contribution in [0.4, 0.5) is 5.69 Å². The van der Waals surface area contributed by atoms with Gasteiger partial charge in [0.2, 0.25) is 0 Å². The van der Waals surface area contributed by atoms with Gasteiger partial charge in [-0.3, -0.25) is 9.59 Å². The van der Waals surface area contributed by atoms with Crippen LogP contribution < -0.4 is 9.64 Å². The highest BCUT2D eigenvalue weighted by molar-refractivity contribution is 9.10. The standard InChI is InChI=1S/C17H13BrClNO3/c1-10-8-11(18)9-12-15(10)20(17(22)16(12)21)6-7-23-14-5-3-2-4-13(14)19/h2-5,8-9H,6-7H2,1H3. The van der Waals surface area contributed by atoms with E-state index in [1.165, 1.54) is 4.90 Å². The van der Waals surface area contributed by atoms with E-state index in [0.717, 1.165) is 10.0 Å². The largest absolute Gasteiger partial charge is 0.490 e. The molecule has 0 atom stereocenters. The maximum absolute atomic E-state index is 12.2. The summed E-state index contributed by atoms with van der Waals surface area (Å²) in [6.45, 7) is 2.40. The van der Waals surface area contributed by atoms with Crippen LogP contribution in [-0.4, -0.2) is 24.8 Å². The number of benzene rings is 2. The molecule has 23 heavy (non-hydrogen) atoms. The molecule has 1 amide bonds. The van der Waals surface area contributed by atoms with E-state index in [4.69, 9.17) is 16.3 Å². The summed E-state index contributed by atoms with van der Waals surface area (Å²) in [5, 5.41) is 0.511. The quantitative estimate of drug-likeness (QED) is 0.736. The van der Waals surface area contributed by atoms with Gasteiger partial charge < -0.3 is 9.64 Å². The average Bonchev–Trinajstić information content (AvgIpc) is 2.74. The molecule has 1 heterocycles. The van der Waals surface area contributed by atoms with Crippen molar-refractivity contribution in [1.82, 2.24) is 0 Å². The summed E-state index contributed by atoms with van der Waals surface area (Å²) in [7, 11) is 0. The maximum Gasteiger partial charge on any atom is 0.299 e. The fourth-order valence-corrected chi connectivity index (χ4v) is 3.39. The summed E-state index contributed by atoms with van der Waals surface area (Å²) in [5.74, 6) is -0.453. The van der Waals surface area contributed by atoms with E-state index < -0.39 is 11.7 Å². The molecule has 6 heteroatoms. The number of nitrogens with zero attached hydrogens (tertiary/aromatic N) is 1. The van der Waals surface area contributed by atoms with Crippen LogP contribution in [0.1, 0.15) is 15.9 Å². The van der Waals surface area contributed by atoms with Gasteiger partial charge in [-0.25, -0.2) is 0 Å². The first kappa shape index (κ1) is 16.0. The number of para-hydroxylation sites is 1. The highest BCUT2D eigenvalue weighted by atomic mass is 79.9. The lowest BCUT2D eigenvalue weighted by Crippen LogP contribution is -2.33. The van der Waals surface area contributed by atoms with E-state index in [2.05, 4.69) is 15.9 Å². The van der Waals surface area contributed by atoms with Crippen molar-refractivity contribution in [3.63, 3.8) is 0 Å². The van der Waals surface area contributed by atoms with E-state index in [0.29, 0.717) is 22.0 Å². The molecule has 0 aromatic heterocycles. The second kappa shape index (κ2) is 6.34. The Labute approximate surface area is 147 Å². The number of anilines is 1. The fraction of sp³-hybridized carbons (Fsp3) is 0.176. The number of fused-ring (bicyclic) bond motifs is 1. The molecular weight excluding hydrogens is 382 g/mol. The zero-order chi connectivity index (χ0) is 16.6. The van der Waals surface area contributed by atoms with E-state index in [1.807, 2.05) is 25.1 Å². The van der Waals surface area contributed by atoms with Gasteiger partial charge in [-0.05, 0) is 36.8 Å². The van der Waals surface area contributed by atoms with Crippen molar-refractivity contribution < 1.29 is 14.3 Å². The number of carbonyl (C=O) groups excluding carboxylic acids is 2. The van der Waals surface area contributed by atoms with Crippen LogP contribution in [0.5, 0.6) is 5.75 Å². The number of amides is 1. The molecule has 0 saturated heterocycles. The molecule has 0 fully saturated rings. The van der Waals surface area contributed by atoms with Crippen molar-refractivity contribution in [2.24, 2.45) is 0 Å². The zero-order valence-electron chi connectivity index (χ0n) is 12.3. The summed E-state index contributed by atoms with van der Waals surface area (Å²) in [5.41, 5.74) is 1.96. The maximum atomic E-state index is 12.2. The first-order chi connectivity index (χ1) is 11.0. The highest BCUT2D eigenvalue weighted by Crippen LogP contribution is 2.35. The topological polar surface area (TPSA) is 46.6 Å². The van der Waals surface area contributed by atoms with Gasteiger partial charge >= 0.3 is 0 Å². The van der Waals surface area contributed by atoms with Gasteiger partial charge in [0.1, 0.15) is 12.4 Å². The molecule has 0 N–H and O–H groups in total. The molecule has 0 spiro atoms. The third kappa shape index (κ3) is 2.99. The van der Waals surface area contributed by atoms with Gasteiger partial charge in [-0.2, -0.15) is 0 Å². The number of carbonyl (C=O) groups is 2. The van der Waals surface area contributed by atoms with Crippen molar-refractivity contribution in [3.8, 4) is 5.75 Å². The number of aryl methyl sites for hydroxylation is 1. The normalized spacial score (nSPS) is 13.4. The molecule has 2 aromatic rings. The lowest BCUT2D eigenvalue weighted by atomic mass is 10.1. The van der Waals surface area contributed by atoms with E-state index >= 15 is 0 Å². The minimum Gasteiger partial charge on any atom is -0.490 e. The number of ketones is 1. The number of halogens is 2. The predicted molar refractivity (Wildman–Crippen MR) is 92.5 cm³/mol. The van der Waals surface area contributed by atoms with Crippen LogP contribution in [0.3, 0.4) is 0 Å². The van der Waals surface area contributed by atoms with Gasteiger partial charge in [0, 0.05) is 4.47 Å². The third-order valence-electron chi connectivity index (χ3n) is 3.63. The zero-order valence-corrected chi connectivity index (χ0v) is 14.6. The van der Waals surface area contributed by atoms with Crippen LogP contribution in [0.25, 0.3) is 0 Å². The lowest BCUT2D eigenvalue weighted by Gasteiger charge is -2.19. The summed E-state index contributed by atoms with van der Waals surface area (Å²) in [4.78, 5) is 25.8. The molecule has 0 unspecified atom stereocenters. The van der Waals surface area contributed by atoms with Crippen molar-refractivity contribution in [1.29, 1.82) is 0 Å². The van der Waals surface area contributed by atoms with Crippen LogP contribution >= 0.6 is 27.5 Å². The van der Waals surface area contributed by atoms with Crippen LogP contribution in [0.15, 0.2) is 40.9 Å². The molecule has 0 aliphatic carbocycles. The Morgan fingerprint density at radius 2 is 1.96 bits per heavy atom. The number of rotatable bonds is 4. The Bertz CT molecular complexity index is 806. The Hall–Kier alpha value is -1.85. The van der Waals surface area contributed by atoms with E-state index in [-0.39, 0.29) is 13.2 Å². The lowest BCUT2D eigenvalue weighted by molar-refractivity contribution is -0.114.